The topological polar surface area (TPSA) is 70.6 Å². The average Bonchev–Trinajstić information content (AvgIpc) is 3.48. The third-order valence-electron chi connectivity index (χ3n) is 7.06. The number of hydrogen-bond donors (Lipinski definition) is 1. The first kappa shape index (κ1) is 28.2. The zero-order valence-electron chi connectivity index (χ0n) is 22.3. The molecular weight excluding hydrogens is 539 g/mol. The van der Waals surface area contributed by atoms with Gasteiger partial charge in [-0.1, -0.05) is 30.0 Å². The van der Waals surface area contributed by atoms with Crippen LogP contribution in [0.2, 0.25) is 0 Å². The summed E-state index contributed by atoms with van der Waals surface area (Å²) < 4.78 is 44.9. The molecule has 2 saturated heterocycles. The van der Waals surface area contributed by atoms with Gasteiger partial charge in [0.1, 0.15) is 5.82 Å². The number of rotatable bonds is 8. The molecule has 3 heterocycles. The van der Waals surface area contributed by atoms with Gasteiger partial charge in [-0.3, -0.25) is 4.79 Å². The number of piperazine rings is 1. The molecule has 2 aromatic carbocycles. The number of ether oxygens (including phenoxy) is 1. The van der Waals surface area contributed by atoms with E-state index in [0.717, 1.165) is 42.6 Å². The molecule has 212 valence electrons. The summed E-state index contributed by atoms with van der Waals surface area (Å²) >= 11 is 1.53. The highest BCUT2D eigenvalue weighted by Crippen LogP contribution is 2.32. The second-order valence-electron chi connectivity index (χ2n) is 10.0. The van der Waals surface area contributed by atoms with Gasteiger partial charge < -0.3 is 19.9 Å². The fourth-order valence-electron chi connectivity index (χ4n) is 4.84. The molecule has 1 aromatic heterocycles. The minimum atomic E-state index is -4.36. The van der Waals surface area contributed by atoms with Gasteiger partial charge in [-0.05, 0) is 55.7 Å². The van der Waals surface area contributed by atoms with Crippen LogP contribution in [0.5, 0.6) is 0 Å². The summed E-state index contributed by atoms with van der Waals surface area (Å²) in [6.07, 6.45) is -2.22. The van der Waals surface area contributed by atoms with Gasteiger partial charge in [-0.25, -0.2) is 9.97 Å². The molecule has 0 bridgehead atoms. The van der Waals surface area contributed by atoms with Gasteiger partial charge in [-0.2, -0.15) is 13.2 Å². The first-order chi connectivity index (χ1) is 19.2. The van der Waals surface area contributed by atoms with Crippen molar-refractivity contribution in [3.8, 4) is 0 Å². The molecule has 0 radical (unpaired) electrons. The summed E-state index contributed by atoms with van der Waals surface area (Å²) in [4.78, 5) is 25.9. The van der Waals surface area contributed by atoms with E-state index in [4.69, 9.17) is 9.72 Å². The Bertz CT molecular complexity index is 1310. The van der Waals surface area contributed by atoms with Gasteiger partial charge in [0, 0.05) is 68.1 Å². The van der Waals surface area contributed by atoms with Crippen molar-refractivity contribution < 1.29 is 22.7 Å². The summed E-state index contributed by atoms with van der Waals surface area (Å²) in [5.74, 6) is 1.37. The summed E-state index contributed by atoms with van der Waals surface area (Å²) in [7, 11) is 0. The molecule has 2 aliphatic heterocycles. The summed E-state index contributed by atoms with van der Waals surface area (Å²) in [6.45, 7) is 5.71. The van der Waals surface area contributed by atoms with E-state index in [9.17, 15) is 18.0 Å². The molecule has 1 N–H and O–H groups in total. The second kappa shape index (κ2) is 12.5. The van der Waals surface area contributed by atoms with Crippen molar-refractivity contribution in [1.82, 2.24) is 15.3 Å². The van der Waals surface area contributed by atoms with Crippen LogP contribution < -0.4 is 15.1 Å². The monoisotopic (exact) mass is 571 g/mol. The van der Waals surface area contributed by atoms with Crippen LogP contribution in [0.25, 0.3) is 0 Å². The lowest BCUT2D eigenvalue weighted by atomic mass is 10.1. The van der Waals surface area contributed by atoms with Gasteiger partial charge in [0.05, 0.1) is 11.7 Å². The van der Waals surface area contributed by atoms with E-state index in [-0.39, 0.29) is 12.0 Å². The predicted octanol–water partition coefficient (Wildman–Crippen LogP) is 5.33. The number of anilines is 2. The van der Waals surface area contributed by atoms with Crippen LogP contribution in [0.3, 0.4) is 0 Å². The number of carbonyl (C=O) groups is 1. The Balaban J connectivity index is 1.14. The van der Waals surface area contributed by atoms with E-state index in [1.54, 1.807) is 6.07 Å². The van der Waals surface area contributed by atoms with E-state index in [0.29, 0.717) is 54.9 Å². The van der Waals surface area contributed by atoms with Gasteiger partial charge >= 0.3 is 6.18 Å². The number of benzene rings is 2. The van der Waals surface area contributed by atoms with Gasteiger partial charge in [0.2, 0.25) is 0 Å². The van der Waals surface area contributed by atoms with Crippen LogP contribution in [0.15, 0.2) is 59.8 Å². The Morgan fingerprint density at radius 2 is 1.80 bits per heavy atom. The lowest BCUT2D eigenvalue weighted by molar-refractivity contribution is -0.137. The maximum Gasteiger partial charge on any atom is 0.416 e. The standard InChI is InChI=1S/C29H32F3N5O2S/c1-20-16-26(37-13-11-36(12-14-37)24-5-2-4-23(17-24)29(30,31)32)35-28(34-20)40-19-21-7-9-22(10-8-21)27(38)33-18-25-6-3-15-39-25/h2,4-5,7-10,16-17,25H,3,6,11-15,18-19H2,1H3,(H,33,38). The molecule has 11 heteroatoms. The predicted molar refractivity (Wildman–Crippen MR) is 150 cm³/mol. The Kier molecular flexibility index (Phi) is 8.80. The molecule has 2 fully saturated rings. The lowest BCUT2D eigenvalue weighted by Gasteiger charge is -2.37. The van der Waals surface area contributed by atoms with E-state index in [2.05, 4.69) is 15.2 Å². The zero-order valence-corrected chi connectivity index (χ0v) is 23.1. The molecule has 1 unspecified atom stereocenters. The highest BCUT2D eigenvalue weighted by Gasteiger charge is 2.31. The van der Waals surface area contributed by atoms with Crippen LogP contribution in [0.4, 0.5) is 24.7 Å². The summed E-state index contributed by atoms with van der Waals surface area (Å²) in [6, 6.07) is 15.0. The lowest BCUT2D eigenvalue weighted by Crippen LogP contribution is -2.47. The molecular formula is C29H32F3N5O2S. The maximum atomic E-state index is 13.1. The van der Waals surface area contributed by atoms with Crippen molar-refractivity contribution in [2.75, 3.05) is 49.1 Å². The molecule has 40 heavy (non-hydrogen) atoms. The molecule has 0 saturated carbocycles. The minimum absolute atomic E-state index is 0.102. The third-order valence-corrected chi connectivity index (χ3v) is 7.98. The van der Waals surface area contributed by atoms with Crippen molar-refractivity contribution in [3.63, 3.8) is 0 Å². The van der Waals surface area contributed by atoms with Crippen LogP contribution in [0, 0.1) is 6.92 Å². The molecule has 0 aliphatic carbocycles. The summed E-state index contributed by atoms with van der Waals surface area (Å²) in [5, 5.41) is 3.60. The molecule has 0 spiro atoms. The Labute approximate surface area is 236 Å². The molecule has 5 rings (SSSR count). The van der Waals surface area contributed by atoms with Gasteiger partial charge in [-0.15, -0.1) is 0 Å². The Hall–Kier alpha value is -3.31. The van der Waals surface area contributed by atoms with Crippen molar-refractivity contribution in [2.24, 2.45) is 0 Å². The smallest absolute Gasteiger partial charge is 0.376 e. The SMILES string of the molecule is Cc1cc(N2CCN(c3cccc(C(F)(F)F)c3)CC2)nc(SCc2ccc(C(=O)NCC3CCCO3)cc2)n1. The number of hydrogen-bond acceptors (Lipinski definition) is 7. The summed E-state index contributed by atoms with van der Waals surface area (Å²) in [5.41, 5.74) is 2.47. The normalized spacial score (nSPS) is 17.8. The number of carbonyl (C=O) groups excluding carboxylic acids is 1. The Morgan fingerprint density at radius 3 is 2.50 bits per heavy atom. The number of aryl methyl sites for hydroxylation is 1. The fourth-order valence-corrected chi connectivity index (χ4v) is 5.69. The number of nitrogens with one attached hydrogen (secondary N) is 1. The Morgan fingerprint density at radius 1 is 1.05 bits per heavy atom. The van der Waals surface area contributed by atoms with E-state index >= 15 is 0 Å². The van der Waals surface area contributed by atoms with Crippen LogP contribution in [-0.2, 0) is 16.7 Å². The molecule has 1 atom stereocenters. The maximum absolute atomic E-state index is 13.1. The number of nitrogens with zero attached hydrogens (tertiary/aromatic N) is 4. The molecule has 2 aliphatic rings. The van der Waals surface area contributed by atoms with Crippen LogP contribution >= 0.6 is 11.8 Å². The van der Waals surface area contributed by atoms with E-state index in [1.165, 1.54) is 23.9 Å². The second-order valence-corrected chi connectivity index (χ2v) is 10.9. The van der Waals surface area contributed by atoms with Crippen LogP contribution in [-0.4, -0.2) is 61.3 Å². The fraction of sp³-hybridized carbons (Fsp3) is 0.414. The molecule has 7 nitrogen and oxygen atoms in total. The number of thioether (sulfide) groups is 1. The number of halogens is 3. The highest BCUT2D eigenvalue weighted by molar-refractivity contribution is 7.98. The van der Waals surface area contributed by atoms with Crippen molar-refractivity contribution >= 4 is 29.2 Å². The molecule has 3 aromatic rings. The minimum Gasteiger partial charge on any atom is -0.376 e. The number of aromatic nitrogens is 2. The van der Waals surface area contributed by atoms with Crippen molar-refractivity contribution in [2.45, 2.75) is 43.0 Å². The zero-order chi connectivity index (χ0) is 28.1. The van der Waals surface area contributed by atoms with Gasteiger partial charge in [0.25, 0.3) is 5.91 Å². The first-order valence-corrected chi connectivity index (χ1v) is 14.4. The van der Waals surface area contributed by atoms with E-state index in [1.807, 2.05) is 42.2 Å². The first-order valence-electron chi connectivity index (χ1n) is 13.4. The third kappa shape index (κ3) is 7.25. The number of amides is 1. The molecule has 1 amide bonds. The van der Waals surface area contributed by atoms with Crippen molar-refractivity contribution in [3.05, 3.63) is 77.0 Å². The largest absolute Gasteiger partial charge is 0.416 e. The average molecular weight is 572 g/mol. The quantitative estimate of drug-likeness (QED) is 0.290. The van der Waals surface area contributed by atoms with Crippen LogP contribution in [0.1, 0.15) is 40.0 Å². The van der Waals surface area contributed by atoms with Crippen molar-refractivity contribution in [1.29, 1.82) is 0 Å². The van der Waals surface area contributed by atoms with E-state index < -0.39 is 11.7 Å². The highest BCUT2D eigenvalue weighted by atomic mass is 32.2. The number of alkyl halides is 3. The van der Waals surface area contributed by atoms with Gasteiger partial charge in [0.15, 0.2) is 5.16 Å².